The second-order valence-corrected chi connectivity index (χ2v) is 7.15. The maximum atomic E-state index is 2.45. The van der Waals surface area contributed by atoms with Gasteiger partial charge in [-0.05, 0) is 23.0 Å². The van der Waals surface area contributed by atoms with E-state index in [0.717, 1.165) is 0 Å². The van der Waals surface area contributed by atoms with Gasteiger partial charge in [0, 0.05) is 5.41 Å². The van der Waals surface area contributed by atoms with E-state index in [9.17, 15) is 0 Å². The van der Waals surface area contributed by atoms with Gasteiger partial charge in [0.1, 0.15) is 0 Å². The summed E-state index contributed by atoms with van der Waals surface area (Å²) in [5.74, 6) is 0. The van der Waals surface area contributed by atoms with Crippen LogP contribution in [-0.2, 0) is 10.8 Å². The lowest BCUT2D eigenvalue weighted by Crippen LogP contribution is -2.43. The molecule has 0 aromatic heterocycles. The predicted molar refractivity (Wildman–Crippen MR) is 97.4 cm³/mol. The lowest BCUT2D eigenvalue weighted by Gasteiger charge is -2.46. The van der Waals surface area contributed by atoms with Gasteiger partial charge in [0.2, 0.25) is 0 Å². The smallest absolute Gasteiger partial charge is 0.00162 e. The Hall–Kier alpha value is -1.56. The summed E-state index contributed by atoms with van der Waals surface area (Å²) in [5, 5.41) is 0. The highest BCUT2D eigenvalue weighted by atomic mass is 14.5. The third kappa shape index (κ3) is 3.27. The summed E-state index contributed by atoms with van der Waals surface area (Å²) in [4.78, 5) is 0. The SMILES string of the molecule is CCCCC[C@](C)(c1ccccc1)C(C)(C)c1ccccc1. The van der Waals surface area contributed by atoms with E-state index in [1.54, 1.807) is 0 Å². The van der Waals surface area contributed by atoms with Gasteiger partial charge in [-0.2, -0.15) is 0 Å². The van der Waals surface area contributed by atoms with Crippen LogP contribution in [0.25, 0.3) is 0 Å². The number of hydrogen-bond donors (Lipinski definition) is 0. The summed E-state index contributed by atoms with van der Waals surface area (Å²) in [6, 6.07) is 22.1. The molecule has 0 saturated carbocycles. The minimum absolute atomic E-state index is 0.101. The molecule has 1 atom stereocenters. The Balaban J connectivity index is 2.43. The van der Waals surface area contributed by atoms with Crippen LogP contribution in [0, 0.1) is 0 Å². The molecule has 0 saturated heterocycles. The Morgan fingerprint density at radius 1 is 0.682 bits per heavy atom. The summed E-state index contributed by atoms with van der Waals surface area (Å²) < 4.78 is 0. The fourth-order valence-electron chi connectivity index (χ4n) is 3.53. The molecule has 0 heteroatoms. The van der Waals surface area contributed by atoms with Gasteiger partial charge in [-0.15, -0.1) is 0 Å². The molecule has 0 heterocycles. The molecule has 2 rings (SSSR count). The fraction of sp³-hybridized carbons (Fsp3) is 0.455. The largest absolute Gasteiger partial charge is 0.0654 e. The van der Waals surface area contributed by atoms with Crippen molar-refractivity contribution in [2.45, 2.75) is 64.2 Å². The Kier molecular flexibility index (Phi) is 5.45. The highest BCUT2D eigenvalue weighted by Crippen LogP contribution is 2.47. The van der Waals surface area contributed by atoms with Gasteiger partial charge in [0.15, 0.2) is 0 Å². The van der Waals surface area contributed by atoms with Gasteiger partial charge in [0.05, 0.1) is 0 Å². The van der Waals surface area contributed by atoms with Gasteiger partial charge in [0.25, 0.3) is 0 Å². The van der Waals surface area contributed by atoms with Crippen molar-refractivity contribution in [1.29, 1.82) is 0 Å². The molecular weight excluding hydrogens is 264 g/mol. The average Bonchev–Trinajstić information content (AvgIpc) is 2.56. The van der Waals surface area contributed by atoms with E-state index in [-0.39, 0.29) is 10.8 Å². The predicted octanol–water partition coefficient (Wildman–Crippen LogP) is 6.50. The fourth-order valence-corrected chi connectivity index (χ4v) is 3.53. The normalized spacial score (nSPS) is 14.5. The molecule has 0 aliphatic rings. The van der Waals surface area contributed by atoms with E-state index in [1.165, 1.54) is 36.8 Å². The quantitative estimate of drug-likeness (QED) is 0.511. The average molecular weight is 294 g/mol. The van der Waals surface area contributed by atoms with Crippen molar-refractivity contribution in [2.24, 2.45) is 0 Å². The van der Waals surface area contributed by atoms with Crippen molar-refractivity contribution in [3.63, 3.8) is 0 Å². The number of hydrogen-bond acceptors (Lipinski definition) is 0. The molecule has 0 N–H and O–H groups in total. The molecule has 0 fully saturated rings. The van der Waals surface area contributed by atoms with Crippen molar-refractivity contribution < 1.29 is 0 Å². The molecule has 2 aromatic carbocycles. The Bertz CT molecular complexity index is 553. The van der Waals surface area contributed by atoms with Crippen LogP contribution in [0.2, 0.25) is 0 Å². The number of unbranched alkanes of at least 4 members (excludes halogenated alkanes) is 2. The summed E-state index contributed by atoms with van der Waals surface area (Å²) in [7, 11) is 0. The molecule has 0 aliphatic heterocycles. The second kappa shape index (κ2) is 7.13. The van der Waals surface area contributed by atoms with Crippen molar-refractivity contribution >= 4 is 0 Å². The van der Waals surface area contributed by atoms with Gasteiger partial charge in [-0.25, -0.2) is 0 Å². The monoisotopic (exact) mass is 294 g/mol. The standard InChI is InChI=1S/C22H30/c1-5-6-13-18-22(4,20-16-11-8-12-17-20)21(2,3)19-14-9-7-10-15-19/h7-12,14-17H,5-6,13,18H2,1-4H3/t22-/m1/s1. The summed E-state index contributed by atoms with van der Waals surface area (Å²) >= 11 is 0. The van der Waals surface area contributed by atoms with Crippen LogP contribution in [0.5, 0.6) is 0 Å². The summed E-state index contributed by atoms with van der Waals surface area (Å²) in [5.41, 5.74) is 3.13. The van der Waals surface area contributed by atoms with Crippen LogP contribution in [0.1, 0.15) is 64.5 Å². The third-order valence-electron chi connectivity index (χ3n) is 5.57. The minimum Gasteiger partial charge on any atom is -0.0654 e. The van der Waals surface area contributed by atoms with Crippen LogP contribution in [-0.4, -0.2) is 0 Å². The molecule has 0 amide bonds. The van der Waals surface area contributed by atoms with E-state index < -0.39 is 0 Å². The zero-order chi connectivity index (χ0) is 16.1. The van der Waals surface area contributed by atoms with E-state index >= 15 is 0 Å². The molecule has 0 bridgehead atoms. The first-order valence-electron chi connectivity index (χ1n) is 8.63. The molecule has 118 valence electrons. The first-order chi connectivity index (χ1) is 10.5. The lowest BCUT2D eigenvalue weighted by atomic mass is 9.58. The maximum absolute atomic E-state index is 2.45. The highest BCUT2D eigenvalue weighted by molar-refractivity contribution is 5.36. The summed E-state index contributed by atoms with van der Waals surface area (Å²) in [6.45, 7) is 9.54. The van der Waals surface area contributed by atoms with Crippen molar-refractivity contribution in [2.75, 3.05) is 0 Å². The van der Waals surface area contributed by atoms with Crippen LogP contribution in [0.15, 0.2) is 60.7 Å². The molecule has 0 spiro atoms. The Morgan fingerprint density at radius 2 is 1.18 bits per heavy atom. The first kappa shape index (κ1) is 16.8. The van der Waals surface area contributed by atoms with Gasteiger partial charge < -0.3 is 0 Å². The zero-order valence-electron chi connectivity index (χ0n) is 14.6. The van der Waals surface area contributed by atoms with Crippen LogP contribution >= 0.6 is 0 Å². The van der Waals surface area contributed by atoms with Gasteiger partial charge in [-0.3, -0.25) is 0 Å². The molecule has 0 radical (unpaired) electrons. The van der Waals surface area contributed by atoms with Crippen molar-refractivity contribution in [1.82, 2.24) is 0 Å². The lowest BCUT2D eigenvalue weighted by molar-refractivity contribution is 0.249. The highest BCUT2D eigenvalue weighted by Gasteiger charge is 2.42. The van der Waals surface area contributed by atoms with E-state index in [1.807, 2.05) is 0 Å². The van der Waals surface area contributed by atoms with Crippen molar-refractivity contribution in [3.8, 4) is 0 Å². The van der Waals surface area contributed by atoms with Crippen molar-refractivity contribution in [3.05, 3.63) is 71.8 Å². The zero-order valence-corrected chi connectivity index (χ0v) is 14.6. The molecule has 2 aromatic rings. The molecule has 22 heavy (non-hydrogen) atoms. The van der Waals surface area contributed by atoms with Crippen LogP contribution in [0.4, 0.5) is 0 Å². The number of benzene rings is 2. The van der Waals surface area contributed by atoms with E-state index in [0.29, 0.717) is 0 Å². The summed E-state index contributed by atoms with van der Waals surface area (Å²) in [6.07, 6.45) is 5.11. The van der Waals surface area contributed by atoms with E-state index in [4.69, 9.17) is 0 Å². The topological polar surface area (TPSA) is 0 Å². The van der Waals surface area contributed by atoms with E-state index in [2.05, 4.69) is 88.4 Å². The second-order valence-electron chi connectivity index (χ2n) is 7.15. The number of rotatable bonds is 7. The van der Waals surface area contributed by atoms with Crippen LogP contribution < -0.4 is 0 Å². The van der Waals surface area contributed by atoms with Gasteiger partial charge >= 0.3 is 0 Å². The van der Waals surface area contributed by atoms with Gasteiger partial charge in [-0.1, -0.05) is 108 Å². The minimum atomic E-state index is 0.101. The Labute approximate surface area is 136 Å². The third-order valence-corrected chi connectivity index (χ3v) is 5.57. The molecular formula is C22H30. The molecule has 0 aliphatic carbocycles. The molecule has 0 nitrogen and oxygen atoms in total. The van der Waals surface area contributed by atoms with Crippen LogP contribution in [0.3, 0.4) is 0 Å². The first-order valence-corrected chi connectivity index (χ1v) is 8.63. The molecule has 0 unspecified atom stereocenters. The Morgan fingerprint density at radius 3 is 1.68 bits per heavy atom. The maximum Gasteiger partial charge on any atom is 0.00162 e.